The Morgan fingerprint density at radius 2 is 1.45 bits per heavy atom. The summed E-state index contributed by atoms with van der Waals surface area (Å²) in [4.78, 5) is 10.6. The minimum Gasteiger partial charge on any atom is -0.504 e. The number of benzene rings is 2. The van der Waals surface area contributed by atoms with Gasteiger partial charge in [0.15, 0.2) is 29.6 Å². The van der Waals surface area contributed by atoms with Crippen LogP contribution in [0.15, 0.2) is 48.6 Å². The summed E-state index contributed by atoms with van der Waals surface area (Å²) in [7, 11) is 2.89. The highest BCUT2D eigenvalue weighted by Crippen LogP contribution is 2.29. The Balaban J connectivity index is 1.95. The van der Waals surface area contributed by atoms with Gasteiger partial charge in [0.1, 0.15) is 0 Å². The highest BCUT2D eigenvalue weighted by Gasteiger charge is 2.09. The van der Waals surface area contributed by atoms with Crippen molar-refractivity contribution in [2.45, 2.75) is 18.6 Å². The molecule has 8 nitrogen and oxygen atoms in total. The molecule has 0 aliphatic heterocycles. The molecule has 2 atom stereocenters. The van der Waals surface area contributed by atoms with Gasteiger partial charge in [-0.05, 0) is 35.4 Å². The number of methoxy groups -OCH3 is 2. The normalized spacial score (nSPS) is 13.3. The SMILES string of the molecule is COc1cc(/C=C/C(O)CC(O)/C=C/c2ccc(OCC(=O)O)c(OC)c2)ccc1O. The first-order valence-corrected chi connectivity index (χ1v) is 9.44. The zero-order chi connectivity index (χ0) is 22.8. The summed E-state index contributed by atoms with van der Waals surface area (Å²) in [6, 6.07) is 9.72. The first-order chi connectivity index (χ1) is 14.8. The predicted octanol–water partition coefficient (Wildman–Crippen LogP) is 2.71. The molecule has 0 bridgehead atoms. The zero-order valence-electron chi connectivity index (χ0n) is 17.3. The maximum atomic E-state index is 10.6. The second-order valence-electron chi connectivity index (χ2n) is 6.61. The van der Waals surface area contributed by atoms with E-state index >= 15 is 0 Å². The molecular formula is C23H26O8. The van der Waals surface area contributed by atoms with Crippen LogP contribution >= 0.6 is 0 Å². The summed E-state index contributed by atoms with van der Waals surface area (Å²) < 4.78 is 15.4. The van der Waals surface area contributed by atoms with Crippen LogP contribution in [0, 0.1) is 0 Å². The Morgan fingerprint density at radius 3 is 2.00 bits per heavy atom. The summed E-state index contributed by atoms with van der Waals surface area (Å²) in [5.74, 6) is -0.0706. The number of phenolic OH excluding ortho intramolecular Hbond substituents is 1. The summed E-state index contributed by atoms with van der Waals surface area (Å²) >= 11 is 0. The van der Waals surface area contributed by atoms with Crippen LogP contribution in [0.1, 0.15) is 17.5 Å². The van der Waals surface area contributed by atoms with Crippen LogP contribution in [0.4, 0.5) is 0 Å². The molecule has 0 saturated carbocycles. The van der Waals surface area contributed by atoms with Crippen molar-refractivity contribution in [1.82, 2.24) is 0 Å². The molecule has 0 aliphatic carbocycles. The van der Waals surface area contributed by atoms with E-state index in [4.69, 9.17) is 19.3 Å². The molecule has 31 heavy (non-hydrogen) atoms. The van der Waals surface area contributed by atoms with Crippen LogP contribution in [-0.2, 0) is 4.79 Å². The average Bonchev–Trinajstić information content (AvgIpc) is 2.75. The summed E-state index contributed by atoms with van der Waals surface area (Å²) in [5, 5.41) is 38.6. The number of carboxylic acids is 1. The number of carbonyl (C=O) groups is 1. The van der Waals surface area contributed by atoms with E-state index in [1.54, 1.807) is 48.6 Å². The number of aliphatic hydroxyl groups excluding tert-OH is 2. The fourth-order valence-corrected chi connectivity index (χ4v) is 2.69. The number of aromatic hydroxyl groups is 1. The highest BCUT2D eigenvalue weighted by molar-refractivity contribution is 5.68. The standard InChI is InChI=1S/C23H26O8/c1-29-21-11-15(5-9-19(21)26)3-7-17(24)13-18(25)8-4-16-6-10-20(22(12-16)30-2)31-14-23(27)28/h3-12,17-18,24-26H,13-14H2,1-2H3,(H,27,28)/b7-3+,8-4+. The molecule has 0 fully saturated rings. The predicted molar refractivity (Wildman–Crippen MR) is 115 cm³/mol. The van der Waals surface area contributed by atoms with Gasteiger partial charge < -0.3 is 34.6 Å². The number of hydrogen-bond donors (Lipinski definition) is 4. The number of rotatable bonds is 11. The molecular weight excluding hydrogens is 404 g/mol. The molecule has 2 rings (SSSR count). The topological polar surface area (TPSA) is 126 Å². The largest absolute Gasteiger partial charge is 0.504 e. The van der Waals surface area contributed by atoms with E-state index in [-0.39, 0.29) is 12.2 Å². The van der Waals surface area contributed by atoms with Crippen molar-refractivity contribution >= 4 is 18.1 Å². The summed E-state index contributed by atoms with van der Waals surface area (Å²) in [6.45, 7) is -0.480. The molecule has 2 aromatic carbocycles. The van der Waals surface area contributed by atoms with Crippen molar-refractivity contribution in [3.8, 4) is 23.0 Å². The van der Waals surface area contributed by atoms with Crippen LogP contribution in [0.2, 0.25) is 0 Å². The van der Waals surface area contributed by atoms with Crippen molar-refractivity contribution in [2.75, 3.05) is 20.8 Å². The minimum absolute atomic E-state index is 0.0267. The van der Waals surface area contributed by atoms with E-state index in [1.807, 2.05) is 0 Å². The van der Waals surface area contributed by atoms with Gasteiger partial charge >= 0.3 is 5.97 Å². The van der Waals surface area contributed by atoms with Crippen LogP contribution in [0.25, 0.3) is 12.2 Å². The molecule has 0 amide bonds. The van der Waals surface area contributed by atoms with Gasteiger partial charge in [-0.2, -0.15) is 0 Å². The maximum Gasteiger partial charge on any atom is 0.341 e. The maximum absolute atomic E-state index is 10.6. The van der Waals surface area contributed by atoms with E-state index in [0.29, 0.717) is 22.8 Å². The van der Waals surface area contributed by atoms with Gasteiger partial charge in [0.2, 0.25) is 0 Å². The third kappa shape index (κ3) is 7.69. The second kappa shape index (κ2) is 11.6. The Hall–Kier alpha value is -3.49. The molecule has 0 aromatic heterocycles. The molecule has 0 radical (unpaired) electrons. The van der Waals surface area contributed by atoms with Crippen LogP contribution < -0.4 is 14.2 Å². The molecule has 0 saturated heterocycles. The Morgan fingerprint density at radius 1 is 0.903 bits per heavy atom. The van der Waals surface area contributed by atoms with Crippen molar-refractivity contribution in [1.29, 1.82) is 0 Å². The number of carboxylic acid groups (broad SMARTS) is 1. The van der Waals surface area contributed by atoms with Gasteiger partial charge in [-0.15, -0.1) is 0 Å². The lowest BCUT2D eigenvalue weighted by Crippen LogP contribution is -2.13. The van der Waals surface area contributed by atoms with Crippen LogP contribution in [0.5, 0.6) is 23.0 Å². The van der Waals surface area contributed by atoms with E-state index in [2.05, 4.69) is 0 Å². The molecule has 2 unspecified atom stereocenters. The lowest BCUT2D eigenvalue weighted by Gasteiger charge is -2.11. The average molecular weight is 430 g/mol. The van der Waals surface area contributed by atoms with Gasteiger partial charge in [-0.3, -0.25) is 0 Å². The van der Waals surface area contributed by atoms with Gasteiger partial charge in [-0.25, -0.2) is 4.79 Å². The number of aliphatic carboxylic acids is 1. The van der Waals surface area contributed by atoms with E-state index < -0.39 is 24.8 Å². The monoisotopic (exact) mass is 430 g/mol. The minimum atomic E-state index is -1.09. The number of hydrogen-bond acceptors (Lipinski definition) is 7. The third-order valence-corrected chi connectivity index (χ3v) is 4.25. The zero-order valence-corrected chi connectivity index (χ0v) is 17.3. The molecule has 0 aliphatic rings. The third-order valence-electron chi connectivity index (χ3n) is 4.25. The molecule has 4 N–H and O–H groups in total. The van der Waals surface area contributed by atoms with Gasteiger partial charge in [0.25, 0.3) is 0 Å². The lowest BCUT2D eigenvalue weighted by atomic mass is 10.1. The fraction of sp³-hybridized carbons (Fsp3) is 0.261. The molecule has 0 heterocycles. The lowest BCUT2D eigenvalue weighted by molar-refractivity contribution is -0.139. The van der Waals surface area contributed by atoms with Gasteiger partial charge in [-0.1, -0.05) is 36.4 Å². The first kappa shape index (κ1) is 23.8. The molecule has 166 valence electrons. The number of ether oxygens (including phenoxy) is 3. The van der Waals surface area contributed by atoms with Crippen molar-refractivity contribution < 1.29 is 39.4 Å². The van der Waals surface area contributed by atoms with Crippen molar-refractivity contribution in [3.05, 3.63) is 59.7 Å². The summed E-state index contributed by atoms with van der Waals surface area (Å²) in [6.07, 6.45) is 4.70. The van der Waals surface area contributed by atoms with Gasteiger partial charge in [0, 0.05) is 6.42 Å². The molecule has 2 aromatic rings. The quantitative estimate of drug-likeness (QED) is 0.429. The van der Waals surface area contributed by atoms with Gasteiger partial charge in [0.05, 0.1) is 26.4 Å². The van der Waals surface area contributed by atoms with Crippen molar-refractivity contribution in [3.63, 3.8) is 0 Å². The number of aliphatic hydroxyl groups is 2. The molecule has 0 spiro atoms. The van der Waals surface area contributed by atoms with E-state index in [1.165, 1.54) is 26.4 Å². The summed E-state index contributed by atoms with van der Waals surface area (Å²) in [5.41, 5.74) is 1.44. The Kier molecular flexibility index (Phi) is 8.93. The Labute approximate surface area is 180 Å². The highest BCUT2D eigenvalue weighted by atomic mass is 16.5. The van der Waals surface area contributed by atoms with E-state index in [9.17, 15) is 20.1 Å². The second-order valence-corrected chi connectivity index (χ2v) is 6.61. The van der Waals surface area contributed by atoms with Crippen LogP contribution in [-0.4, -0.2) is 59.4 Å². The first-order valence-electron chi connectivity index (χ1n) is 9.44. The smallest absolute Gasteiger partial charge is 0.341 e. The Bertz CT molecular complexity index is 935. The fourth-order valence-electron chi connectivity index (χ4n) is 2.69. The van der Waals surface area contributed by atoms with Crippen LogP contribution in [0.3, 0.4) is 0 Å². The van der Waals surface area contributed by atoms with Crippen molar-refractivity contribution in [2.24, 2.45) is 0 Å². The number of phenols is 1. The molecule has 8 heteroatoms. The van der Waals surface area contributed by atoms with E-state index in [0.717, 1.165) is 5.56 Å².